The Morgan fingerprint density at radius 2 is 2.25 bits per heavy atom. The molecule has 0 aliphatic carbocycles. The van der Waals surface area contributed by atoms with Crippen molar-refractivity contribution < 1.29 is 8.76 Å². The topological polar surface area (TPSA) is 37.3 Å². The van der Waals surface area contributed by atoms with Crippen LogP contribution in [0.3, 0.4) is 0 Å². The van der Waals surface area contributed by atoms with E-state index in [0.29, 0.717) is 6.42 Å². The molecule has 0 fully saturated rings. The van der Waals surface area contributed by atoms with E-state index in [1.807, 2.05) is 6.92 Å². The number of rotatable bonds is 2. The van der Waals surface area contributed by atoms with Gasteiger partial charge < -0.3 is 4.55 Å². The van der Waals surface area contributed by atoms with Gasteiger partial charge in [0.15, 0.2) is 0 Å². The van der Waals surface area contributed by atoms with Crippen LogP contribution in [0.4, 0.5) is 0 Å². The molecule has 0 radical (unpaired) electrons. The summed E-state index contributed by atoms with van der Waals surface area (Å²) in [5, 5.41) is -0.178. The second kappa shape index (κ2) is 2.51. The Bertz CT molecular complexity index is 146. The van der Waals surface area contributed by atoms with Crippen LogP contribution in [0.5, 0.6) is 0 Å². The van der Waals surface area contributed by atoms with Crippen LogP contribution in [0.2, 0.25) is 0 Å². The smallest absolute Gasteiger partial charge is 0.0772 e. The minimum Gasteiger partial charge on any atom is -0.314 e. The Labute approximate surface area is 50.7 Å². The van der Waals surface area contributed by atoms with E-state index >= 15 is 0 Å². The van der Waals surface area contributed by atoms with Gasteiger partial charge in [-0.1, -0.05) is 6.92 Å². The van der Waals surface area contributed by atoms with Crippen molar-refractivity contribution in [1.82, 2.24) is 0 Å². The molecule has 0 heterocycles. The summed E-state index contributed by atoms with van der Waals surface area (Å²) in [5.74, 6) is 3.12. The molecular weight excluding hydrogens is 124 g/mol. The molecule has 0 spiro atoms. The average Bonchev–Trinajstić information content (AvgIpc) is 1.62. The fourth-order valence-electron chi connectivity index (χ4n) is 0.260. The molecule has 0 bridgehead atoms. The van der Waals surface area contributed by atoms with Gasteiger partial charge in [-0.05, 0) is 19.2 Å². The highest BCUT2D eigenvalue weighted by Crippen LogP contribution is 2.00. The first-order chi connectivity index (χ1) is 3.48. The SMILES string of the molecule is C=S(=O)(O)C(C)CC. The van der Waals surface area contributed by atoms with Crippen molar-refractivity contribution in [3.8, 4) is 0 Å². The van der Waals surface area contributed by atoms with Crippen LogP contribution in [0.25, 0.3) is 0 Å². The average molecular weight is 136 g/mol. The maximum atomic E-state index is 10.6. The molecule has 0 aliphatic heterocycles. The lowest BCUT2D eigenvalue weighted by Crippen LogP contribution is -2.14. The second-order valence-electron chi connectivity index (χ2n) is 1.91. The standard InChI is InChI=1S/C5H12O2S/c1-4-5(2)8(3,6)7/h5H,3-4H2,1-2H3,(H,6,7). The number of hydrogen-bond acceptors (Lipinski definition) is 1. The van der Waals surface area contributed by atoms with Crippen LogP contribution in [0.1, 0.15) is 20.3 Å². The van der Waals surface area contributed by atoms with Crippen molar-refractivity contribution >= 4 is 15.7 Å². The Kier molecular flexibility index (Phi) is 2.50. The van der Waals surface area contributed by atoms with E-state index in [1.54, 1.807) is 6.92 Å². The largest absolute Gasteiger partial charge is 0.314 e. The molecule has 0 amide bonds. The first kappa shape index (κ1) is 7.98. The van der Waals surface area contributed by atoms with Crippen molar-refractivity contribution in [2.45, 2.75) is 25.5 Å². The van der Waals surface area contributed by atoms with Crippen molar-refractivity contribution in [3.63, 3.8) is 0 Å². The summed E-state index contributed by atoms with van der Waals surface area (Å²) in [4.78, 5) is 0. The van der Waals surface area contributed by atoms with Gasteiger partial charge in [-0.25, -0.2) is 4.21 Å². The van der Waals surface area contributed by atoms with Crippen LogP contribution in [-0.2, 0) is 9.80 Å². The lowest BCUT2D eigenvalue weighted by Gasteiger charge is -2.06. The Balaban J connectivity index is 4.04. The van der Waals surface area contributed by atoms with Crippen molar-refractivity contribution in [2.24, 2.45) is 0 Å². The van der Waals surface area contributed by atoms with E-state index in [9.17, 15) is 4.21 Å². The third-order valence-electron chi connectivity index (χ3n) is 1.20. The maximum absolute atomic E-state index is 10.6. The second-order valence-corrected chi connectivity index (χ2v) is 4.09. The number of hydrogen-bond donors (Lipinski definition) is 1. The Morgan fingerprint density at radius 3 is 2.25 bits per heavy atom. The van der Waals surface area contributed by atoms with E-state index in [2.05, 4.69) is 5.87 Å². The molecule has 0 saturated heterocycles. The third kappa shape index (κ3) is 2.33. The lowest BCUT2D eigenvalue weighted by molar-refractivity contribution is 0.544. The zero-order valence-electron chi connectivity index (χ0n) is 5.26. The third-order valence-corrected chi connectivity index (χ3v) is 2.79. The molecule has 0 rings (SSSR count). The fraction of sp³-hybridized carbons (Fsp3) is 0.800. The summed E-state index contributed by atoms with van der Waals surface area (Å²) >= 11 is 0. The van der Waals surface area contributed by atoms with Gasteiger partial charge in [-0.15, -0.1) is 0 Å². The predicted octanol–water partition coefficient (Wildman–Crippen LogP) is 0.974. The Morgan fingerprint density at radius 1 is 1.88 bits per heavy atom. The molecule has 1 N–H and O–H groups in total. The molecule has 8 heavy (non-hydrogen) atoms. The molecule has 0 aromatic heterocycles. The molecule has 2 atom stereocenters. The predicted molar refractivity (Wildman–Crippen MR) is 37.6 cm³/mol. The van der Waals surface area contributed by atoms with E-state index in [0.717, 1.165) is 0 Å². The molecule has 2 nitrogen and oxygen atoms in total. The van der Waals surface area contributed by atoms with Crippen LogP contribution in [-0.4, -0.2) is 19.9 Å². The van der Waals surface area contributed by atoms with Crippen LogP contribution < -0.4 is 0 Å². The molecule has 0 aromatic carbocycles. The van der Waals surface area contributed by atoms with Gasteiger partial charge in [0, 0.05) is 5.25 Å². The van der Waals surface area contributed by atoms with Gasteiger partial charge in [-0.3, -0.25) is 0 Å². The van der Waals surface area contributed by atoms with Gasteiger partial charge in [0.05, 0.1) is 9.80 Å². The van der Waals surface area contributed by atoms with E-state index in [1.165, 1.54) is 0 Å². The summed E-state index contributed by atoms with van der Waals surface area (Å²) in [7, 11) is -2.75. The molecule has 0 aliphatic rings. The van der Waals surface area contributed by atoms with Crippen molar-refractivity contribution in [1.29, 1.82) is 0 Å². The Hall–Kier alpha value is -0.0200. The molecule has 50 valence electrons. The quantitative estimate of drug-likeness (QED) is 0.574. The zero-order chi connectivity index (χ0) is 6.78. The van der Waals surface area contributed by atoms with Crippen molar-refractivity contribution in [2.75, 3.05) is 0 Å². The van der Waals surface area contributed by atoms with Gasteiger partial charge >= 0.3 is 0 Å². The summed E-state index contributed by atoms with van der Waals surface area (Å²) in [6, 6.07) is 0. The molecule has 0 saturated carbocycles. The summed E-state index contributed by atoms with van der Waals surface area (Å²) in [6.07, 6.45) is 0.707. The van der Waals surface area contributed by atoms with Gasteiger partial charge in [0.25, 0.3) is 0 Å². The fourth-order valence-corrected chi connectivity index (χ4v) is 0.781. The highest BCUT2D eigenvalue weighted by atomic mass is 32.2. The van der Waals surface area contributed by atoms with E-state index < -0.39 is 9.80 Å². The van der Waals surface area contributed by atoms with Gasteiger partial charge in [-0.2, -0.15) is 0 Å². The molecular formula is C5H12O2S. The normalized spacial score (nSPS) is 21.9. The van der Waals surface area contributed by atoms with Crippen LogP contribution in [0, 0.1) is 0 Å². The van der Waals surface area contributed by atoms with Gasteiger partial charge in [0.2, 0.25) is 0 Å². The first-order valence-corrected chi connectivity index (χ1v) is 4.31. The first-order valence-electron chi connectivity index (χ1n) is 2.57. The highest BCUT2D eigenvalue weighted by molar-refractivity contribution is 7.95. The van der Waals surface area contributed by atoms with Gasteiger partial charge in [0.1, 0.15) is 0 Å². The molecule has 3 heteroatoms. The summed E-state index contributed by atoms with van der Waals surface area (Å²) in [6.45, 7) is 3.58. The minimum atomic E-state index is -2.75. The van der Waals surface area contributed by atoms with Crippen molar-refractivity contribution in [3.05, 3.63) is 0 Å². The van der Waals surface area contributed by atoms with Crippen LogP contribution in [0.15, 0.2) is 0 Å². The monoisotopic (exact) mass is 136 g/mol. The maximum Gasteiger partial charge on any atom is 0.0772 e. The summed E-state index contributed by atoms with van der Waals surface area (Å²) in [5.41, 5.74) is 0. The van der Waals surface area contributed by atoms with E-state index in [4.69, 9.17) is 4.55 Å². The molecule has 2 unspecified atom stereocenters. The summed E-state index contributed by atoms with van der Waals surface area (Å²) < 4.78 is 19.3. The van der Waals surface area contributed by atoms with E-state index in [-0.39, 0.29) is 5.25 Å². The highest BCUT2D eigenvalue weighted by Gasteiger charge is 2.06. The lowest BCUT2D eigenvalue weighted by atomic mass is 10.4. The van der Waals surface area contributed by atoms with Crippen LogP contribution >= 0.6 is 0 Å². The molecule has 0 aromatic rings. The minimum absolute atomic E-state index is 0.178. The zero-order valence-corrected chi connectivity index (χ0v) is 6.07.